The number of aromatic carboxylic acids is 1. The second-order valence-electron chi connectivity index (χ2n) is 16.6. The van der Waals surface area contributed by atoms with Crippen LogP contribution in [0.1, 0.15) is 121 Å². The van der Waals surface area contributed by atoms with Crippen molar-refractivity contribution in [3.63, 3.8) is 0 Å². The maximum atomic E-state index is 14.6. The zero-order valence-corrected chi connectivity index (χ0v) is 31.6. The van der Waals surface area contributed by atoms with Crippen molar-refractivity contribution in [2.24, 2.45) is 12.5 Å². The predicted octanol–water partition coefficient (Wildman–Crippen LogP) is 6.84. The number of anilines is 2. The van der Waals surface area contributed by atoms with Crippen LogP contribution in [0.4, 0.5) is 20.3 Å². The summed E-state index contributed by atoms with van der Waals surface area (Å²) < 4.78 is 31.5. The highest BCUT2D eigenvalue weighted by Crippen LogP contribution is 2.59. The number of hydrogen-bond donors (Lipinski definition) is 1. The molecule has 2 saturated carbocycles. The molecule has 14 heteroatoms. The maximum absolute atomic E-state index is 14.6. The van der Waals surface area contributed by atoms with Crippen molar-refractivity contribution in [1.29, 1.82) is 0 Å². The third kappa shape index (κ3) is 6.59. The molecule has 1 saturated heterocycles. The molecule has 1 spiro atoms. The Hall–Kier alpha value is -4.72. The Morgan fingerprint density at radius 1 is 0.927 bits per heavy atom. The number of halogens is 2. The van der Waals surface area contributed by atoms with Gasteiger partial charge in [-0.1, -0.05) is 12.1 Å². The van der Waals surface area contributed by atoms with E-state index in [1.807, 2.05) is 17.0 Å². The molecule has 9 rings (SSSR count). The summed E-state index contributed by atoms with van der Waals surface area (Å²) in [5.74, 6) is 0.654. The molecule has 0 unspecified atom stereocenters. The zero-order chi connectivity index (χ0) is 38.0. The average Bonchev–Trinajstić information content (AvgIpc) is 3.79. The standard InChI is InChI=1S/C41H49F2N9O3/c1-25(53)50-19-13-35-34(24-50)39(51-16-3-4-28-20-33(38-44-47-48(2)45-38)32(37(42)43)21-36(28)51)46-52(35)31-11-17-49(18-12-31)30-9-14-41(15-10-30)22-29(23-41)26-5-7-27(8-6-26)40(54)55/h5-8,20-21,29-31,37H,3-4,9-19,22-24H2,1-2H3,(H,54,55). The zero-order valence-electron chi connectivity index (χ0n) is 31.6. The summed E-state index contributed by atoms with van der Waals surface area (Å²) in [7, 11) is 1.62. The Bertz CT molecular complexity index is 2090. The Labute approximate surface area is 319 Å². The third-order valence-corrected chi connectivity index (χ3v) is 13.5. The first kappa shape index (κ1) is 35.9. The van der Waals surface area contributed by atoms with Gasteiger partial charge in [-0.15, -0.1) is 10.2 Å². The van der Waals surface area contributed by atoms with Crippen molar-refractivity contribution >= 4 is 23.4 Å². The summed E-state index contributed by atoms with van der Waals surface area (Å²) in [5, 5.41) is 26.8. The van der Waals surface area contributed by atoms with Gasteiger partial charge in [0, 0.05) is 73.6 Å². The van der Waals surface area contributed by atoms with E-state index >= 15 is 0 Å². The van der Waals surface area contributed by atoms with Crippen molar-refractivity contribution < 1.29 is 23.5 Å². The number of piperidine rings is 1. The molecule has 12 nitrogen and oxygen atoms in total. The average molecular weight is 754 g/mol. The van der Waals surface area contributed by atoms with Gasteiger partial charge in [0.15, 0.2) is 5.82 Å². The van der Waals surface area contributed by atoms with Crippen LogP contribution in [0.5, 0.6) is 0 Å². The molecule has 290 valence electrons. The van der Waals surface area contributed by atoms with Gasteiger partial charge in [-0.2, -0.15) is 9.90 Å². The molecule has 1 N–H and O–H groups in total. The van der Waals surface area contributed by atoms with Crippen LogP contribution in [-0.4, -0.2) is 89.0 Å². The first-order valence-corrected chi connectivity index (χ1v) is 20.0. The fourth-order valence-corrected chi connectivity index (χ4v) is 10.5. The number of likely N-dealkylation sites (tertiary alicyclic amines) is 1. The summed E-state index contributed by atoms with van der Waals surface area (Å²) in [6.45, 7) is 5.41. The predicted molar refractivity (Wildman–Crippen MR) is 201 cm³/mol. The SMILES string of the molecule is CC(=O)N1CCc2c(c(N3CCCc4cc(-c5nnn(C)n5)c(C(F)F)cc43)nn2C2CCN(C3CCC4(CC3)CC(c3ccc(C(=O)O)cc3)C4)CC2)C1. The molecule has 5 aliphatic rings. The smallest absolute Gasteiger partial charge is 0.335 e. The fourth-order valence-electron chi connectivity index (χ4n) is 10.5. The van der Waals surface area contributed by atoms with E-state index in [-0.39, 0.29) is 23.3 Å². The molecule has 3 fully saturated rings. The van der Waals surface area contributed by atoms with E-state index < -0.39 is 12.4 Å². The maximum Gasteiger partial charge on any atom is 0.335 e. The first-order chi connectivity index (χ1) is 26.6. The van der Waals surface area contributed by atoms with Crippen LogP contribution in [0.3, 0.4) is 0 Å². The van der Waals surface area contributed by atoms with Crippen LogP contribution >= 0.6 is 0 Å². The number of aromatic nitrogens is 6. The number of fused-ring (bicyclic) bond motifs is 2. The highest BCUT2D eigenvalue weighted by atomic mass is 19.3. The van der Waals surface area contributed by atoms with Crippen LogP contribution < -0.4 is 4.90 Å². The summed E-state index contributed by atoms with van der Waals surface area (Å²) in [6.07, 6.45) is 8.95. The van der Waals surface area contributed by atoms with Crippen molar-refractivity contribution in [2.45, 2.75) is 109 Å². The van der Waals surface area contributed by atoms with Gasteiger partial charge in [-0.05, 0) is 116 Å². The number of carboxylic acids is 1. The summed E-state index contributed by atoms with van der Waals surface area (Å²) in [5.41, 5.74) is 6.12. The molecule has 2 aliphatic carbocycles. The topological polar surface area (TPSA) is 126 Å². The summed E-state index contributed by atoms with van der Waals surface area (Å²) in [6, 6.07) is 11.7. The second-order valence-corrected chi connectivity index (χ2v) is 16.6. The van der Waals surface area contributed by atoms with Crippen LogP contribution in [0.2, 0.25) is 0 Å². The number of rotatable bonds is 7. The molecule has 55 heavy (non-hydrogen) atoms. The minimum Gasteiger partial charge on any atom is -0.478 e. The molecule has 2 aromatic heterocycles. The lowest BCUT2D eigenvalue weighted by molar-refractivity contribution is -0.129. The monoisotopic (exact) mass is 753 g/mol. The number of alkyl halides is 2. The van der Waals surface area contributed by atoms with Gasteiger partial charge in [0.2, 0.25) is 11.7 Å². The van der Waals surface area contributed by atoms with Crippen LogP contribution in [0.25, 0.3) is 11.4 Å². The Morgan fingerprint density at radius 2 is 1.67 bits per heavy atom. The number of amides is 1. The van der Waals surface area contributed by atoms with Crippen molar-refractivity contribution in [2.75, 3.05) is 31.1 Å². The number of carboxylic acid groups (broad SMARTS) is 1. The number of benzene rings is 2. The second kappa shape index (κ2) is 14.1. The lowest BCUT2D eigenvalue weighted by Crippen LogP contribution is -2.47. The Kier molecular flexibility index (Phi) is 9.21. The molecule has 2 aromatic carbocycles. The lowest BCUT2D eigenvalue weighted by atomic mass is 9.54. The molecular weight excluding hydrogens is 705 g/mol. The number of carbonyl (C=O) groups excluding carboxylic acids is 1. The molecule has 0 atom stereocenters. The molecule has 3 aliphatic heterocycles. The summed E-state index contributed by atoms with van der Waals surface area (Å²) >= 11 is 0. The van der Waals surface area contributed by atoms with E-state index in [1.54, 1.807) is 38.2 Å². The molecule has 4 aromatic rings. The van der Waals surface area contributed by atoms with Crippen LogP contribution in [-0.2, 0) is 31.2 Å². The minimum absolute atomic E-state index is 0.0267. The fraction of sp³-hybridized carbons (Fsp3) is 0.561. The van der Waals surface area contributed by atoms with Gasteiger partial charge in [-0.25, -0.2) is 13.6 Å². The van der Waals surface area contributed by atoms with Gasteiger partial charge >= 0.3 is 5.97 Å². The van der Waals surface area contributed by atoms with Crippen molar-refractivity contribution in [1.82, 2.24) is 39.8 Å². The molecule has 1 amide bonds. The Balaban J connectivity index is 0.907. The van der Waals surface area contributed by atoms with E-state index in [1.165, 1.54) is 54.6 Å². The number of tetrazole rings is 1. The largest absolute Gasteiger partial charge is 0.478 e. The van der Waals surface area contributed by atoms with Crippen LogP contribution in [0.15, 0.2) is 36.4 Å². The minimum atomic E-state index is -2.72. The highest BCUT2D eigenvalue weighted by molar-refractivity contribution is 5.87. The van der Waals surface area contributed by atoms with Gasteiger partial charge in [-0.3, -0.25) is 9.48 Å². The van der Waals surface area contributed by atoms with E-state index in [0.29, 0.717) is 48.1 Å². The van der Waals surface area contributed by atoms with Crippen molar-refractivity contribution in [3.05, 3.63) is 69.9 Å². The molecule has 0 bridgehead atoms. The normalized spacial score (nSPS) is 24.5. The Morgan fingerprint density at radius 3 is 2.33 bits per heavy atom. The van der Waals surface area contributed by atoms with Gasteiger partial charge < -0.3 is 19.8 Å². The summed E-state index contributed by atoms with van der Waals surface area (Å²) in [4.78, 5) is 31.9. The third-order valence-electron chi connectivity index (χ3n) is 13.5. The molecule has 0 radical (unpaired) electrons. The lowest BCUT2D eigenvalue weighted by Gasteiger charge is -2.53. The van der Waals surface area contributed by atoms with E-state index in [9.17, 15) is 23.5 Å². The number of hydrogen-bond acceptors (Lipinski definition) is 8. The number of carbonyl (C=O) groups is 2. The number of aryl methyl sites for hydroxylation is 2. The number of nitrogens with zero attached hydrogens (tertiary/aromatic N) is 9. The van der Waals surface area contributed by atoms with Crippen LogP contribution in [0, 0.1) is 5.41 Å². The van der Waals surface area contributed by atoms with Gasteiger partial charge in [0.05, 0.1) is 25.2 Å². The van der Waals surface area contributed by atoms with Gasteiger partial charge in [0.1, 0.15) is 0 Å². The highest BCUT2D eigenvalue weighted by Gasteiger charge is 2.47. The first-order valence-electron chi connectivity index (χ1n) is 20.0. The van der Waals surface area contributed by atoms with Crippen molar-refractivity contribution in [3.8, 4) is 11.4 Å². The van der Waals surface area contributed by atoms with E-state index in [4.69, 9.17) is 5.10 Å². The quantitative estimate of drug-likeness (QED) is 0.216. The molecule has 5 heterocycles. The van der Waals surface area contributed by atoms with E-state index in [0.717, 1.165) is 67.8 Å². The van der Waals surface area contributed by atoms with Gasteiger partial charge in [0.25, 0.3) is 6.43 Å². The van der Waals surface area contributed by atoms with E-state index in [2.05, 4.69) is 29.9 Å². The molecular formula is C41H49F2N9O3.